The quantitative estimate of drug-likeness (QED) is 0.574. The van der Waals surface area contributed by atoms with Gasteiger partial charge in [-0.1, -0.05) is 0 Å². The van der Waals surface area contributed by atoms with Crippen molar-refractivity contribution in [3.63, 3.8) is 0 Å². The predicted molar refractivity (Wildman–Crippen MR) is 97.9 cm³/mol. The number of carbonyl (C=O) groups is 3. The van der Waals surface area contributed by atoms with E-state index in [1.165, 1.54) is 25.2 Å². The molecule has 0 aliphatic carbocycles. The van der Waals surface area contributed by atoms with Crippen molar-refractivity contribution >= 4 is 39.8 Å². The highest BCUT2D eigenvalue weighted by Crippen LogP contribution is 2.33. The molecule has 0 radical (unpaired) electrons. The normalized spacial score (nSPS) is 11.7. The Morgan fingerprint density at radius 3 is 2.32 bits per heavy atom. The van der Waals surface area contributed by atoms with Crippen LogP contribution in [0, 0.1) is 31.3 Å². The van der Waals surface area contributed by atoms with Gasteiger partial charge in [0.05, 0.1) is 11.3 Å². The third-order valence-electron chi connectivity index (χ3n) is 3.83. The minimum absolute atomic E-state index is 0.108. The fraction of sp³-hybridized carbons (Fsp3) is 0.278. The van der Waals surface area contributed by atoms with Gasteiger partial charge in [-0.3, -0.25) is 9.59 Å². The second-order valence-corrected chi connectivity index (χ2v) is 7.15. The number of thiophene rings is 1. The van der Waals surface area contributed by atoms with Gasteiger partial charge in [-0.2, -0.15) is 0 Å². The van der Waals surface area contributed by atoms with Crippen LogP contribution in [-0.2, 0) is 14.3 Å². The van der Waals surface area contributed by atoms with Gasteiger partial charge in [0.25, 0.3) is 5.91 Å². The summed E-state index contributed by atoms with van der Waals surface area (Å²) in [7, 11) is 0. The first kappa shape index (κ1) is 21.4. The summed E-state index contributed by atoms with van der Waals surface area (Å²) in [4.78, 5) is 36.7. The van der Waals surface area contributed by atoms with Crippen LogP contribution in [0.3, 0.4) is 0 Å². The molecular formula is C18H17F3N2O4S. The van der Waals surface area contributed by atoms with Crippen molar-refractivity contribution in [2.75, 3.05) is 10.6 Å². The van der Waals surface area contributed by atoms with E-state index in [0.29, 0.717) is 11.6 Å². The van der Waals surface area contributed by atoms with Crippen LogP contribution in [0.4, 0.5) is 23.9 Å². The third kappa shape index (κ3) is 4.50. The molecule has 2 rings (SSSR count). The van der Waals surface area contributed by atoms with Gasteiger partial charge in [0.2, 0.25) is 5.91 Å². The zero-order valence-electron chi connectivity index (χ0n) is 15.4. The molecule has 2 N–H and O–H groups in total. The number of hydrogen-bond acceptors (Lipinski definition) is 5. The maximum atomic E-state index is 13.7. The topological polar surface area (TPSA) is 84.5 Å². The average Bonchev–Trinajstić information content (AvgIpc) is 2.88. The molecule has 0 bridgehead atoms. The second-order valence-electron chi connectivity index (χ2n) is 5.93. The van der Waals surface area contributed by atoms with Gasteiger partial charge in [-0.05, 0) is 38.5 Å². The first-order valence-corrected chi connectivity index (χ1v) is 8.87. The molecule has 1 aromatic heterocycles. The highest BCUT2D eigenvalue weighted by Gasteiger charge is 2.26. The average molecular weight is 414 g/mol. The largest absolute Gasteiger partial charge is 0.449 e. The Kier molecular flexibility index (Phi) is 6.45. The third-order valence-corrected chi connectivity index (χ3v) is 4.95. The van der Waals surface area contributed by atoms with Crippen molar-refractivity contribution in [1.82, 2.24) is 0 Å². The van der Waals surface area contributed by atoms with Gasteiger partial charge in [0, 0.05) is 11.8 Å². The Balaban J connectivity index is 2.16. The lowest BCUT2D eigenvalue weighted by atomic mass is 10.1. The number of anilines is 2. The maximum absolute atomic E-state index is 13.7. The van der Waals surface area contributed by atoms with Crippen molar-refractivity contribution in [3.8, 4) is 0 Å². The molecule has 0 aliphatic heterocycles. The van der Waals surface area contributed by atoms with E-state index >= 15 is 0 Å². The molecular weight excluding hydrogens is 397 g/mol. The van der Waals surface area contributed by atoms with Crippen molar-refractivity contribution in [2.45, 2.75) is 33.8 Å². The minimum Gasteiger partial charge on any atom is -0.449 e. The highest BCUT2D eigenvalue weighted by molar-refractivity contribution is 7.16. The minimum atomic E-state index is -1.73. The zero-order chi connectivity index (χ0) is 21.2. The summed E-state index contributed by atoms with van der Waals surface area (Å²) in [6.45, 7) is 5.93. The summed E-state index contributed by atoms with van der Waals surface area (Å²) in [6.07, 6.45) is -1.37. The van der Waals surface area contributed by atoms with Gasteiger partial charge >= 0.3 is 5.97 Å². The first-order chi connectivity index (χ1) is 13.0. The van der Waals surface area contributed by atoms with E-state index in [-0.39, 0.29) is 16.5 Å². The van der Waals surface area contributed by atoms with E-state index < -0.39 is 41.1 Å². The van der Waals surface area contributed by atoms with Crippen molar-refractivity contribution in [2.24, 2.45) is 0 Å². The van der Waals surface area contributed by atoms with Crippen LogP contribution < -0.4 is 10.6 Å². The molecule has 0 spiro atoms. The molecule has 2 aromatic rings. The summed E-state index contributed by atoms with van der Waals surface area (Å²) in [5.41, 5.74) is 0.0997. The van der Waals surface area contributed by atoms with Gasteiger partial charge < -0.3 is 15.4 Å². The van der Waals surface area contributed by atoms with Crippen molar-refractivity contribution in [3.05, 3.63) is 45.6 Å². The van der Waals surface area contributed by atoms with Gasteiger partial charge in [-0.25, -0.2) is 18.0 Å². The van der Waals surface area contributed by atoms with E-state index in [1.54, 1.807) is 13.8 Å². The van der Waals surface area contributed by atoms with Gasteiger partial charge in [0.15, 0.2) is 23.6 Å². The number of amides is 2. The van der Waals surface area contributed by atoms with E-state index in [2.05, 4.69) is 5.32 Å². The molecule has 2 amide bonds. The number of rotatable bonds is 5. The fourth-order valence-corrected chi connectivity index (χ4v) is 3.35. The number of benzene rings is 1. The molecule has 0 fully saturated rings. The Morgan fingerprint density at radius 1 is 1.07 bits per heavy atom. The number of carbonyl (C=O) groups excluding carboxylic acids is 3. The SMILES string of the molecule is CC(=O)Nc1sc(C)c(C)c1C(=O)O[C@H](C)C(=O)Nc1ccc(F)c(F)c1F. The van der Waals surface area contributed by atoms with E-state index in [9.17, 15) is 27.6 Å². The summed E-state index contributed by atoms with van der Waals surface area (Å²) >= 11 is 1.18. The molecule has 0 unspecified atom stereocenters. The van der Waals surface area contributed by atoms with Crippen molar-refractivity contribution in [1.29, 1.82) is 0 Å². The Bertz CT molecular complexity index is 959. The number of hydrogen-bond donors (Lipinski definition) is 2. The molecule has 6 nitrogen and oxygen atoms in total. The lowest BCUT2D eigenvalue weighted by Crippen LogP contribution is -2.30. The van der Waals surface area contributed by atoms with Crippen LogP contribution in [0.25, 0.3) is 0 Å². The van der Waals surface area contributed by atoms with Crippen LogP contribution in [0.2, 0.25) is 0 Å². The molecule has 1 heterocycles. The summed E-state index contributed by atoms with van der Waals surface area (Å²) in [5, 5.41) is 4.85. The predicted octanol–water partition coefficient (Wildman–Crippen LogP) is 3.92. The fourth-order valence-electron chi connectivity index (χ4n) is 2.25. The molecule has 1 aromatic carbocycles. The van der Waals surface area contributed by atoms with Gasteiger partial charge in [0.1, 0.15) is 5.00 Å². The number of ether oxygens (including phenoxy) is 1. The first-order valence-electron chi connectivity index (χ1n) is 8.05. The van der Waals surface area contributed by atoms with Crippen molar-refractivity contribution < 1.29 is 32.3 Å². The van der Waals surface area contributed by atoms with Crippen LogP contribution in [0.1, 0.15) is 34.6 Å². The van der Waals surface area contributed by atoms with E-state index in [1.807, 2.05) is 5.32 Å². The van der Waals surface area contributed by atoms with E-state index in [0.717, 1.165) is 10.9 Å². The standard InChI is InChI=1S/C18H17F3N2O4S/c1-7-9(3)28-17(22-10(4)24)13(7)18(26)27-8(2)16(25)23-12-6-5-11(19)14(20)15(12)21/h5-6,8H,1-4H3,(H,22,24)(H,23,25)/t8-/m1/s1. The lowest BCUT2D eigenvalue weighted by Gasteiger charge is -2.15. The molecule has 10 heteroatoms. The maximum Gasteiger partial charge on any atom is 0.342 e. The van der Waals surface area contributed by atoms with Crippen LogP contribution in [0.15, 0.2) is 12.1 Å². The summed E-state index contributed by atoms with van der Waals surface area (Å²) in [5.74, 6) is -6.88. The molecule has 0 saturated carbocycles. The number of halogens is 3. The van der Waals surface area contributed by atoms with Crippen LogP contribution in [-0.4, -0.2) is 23.9 Å². The van der Waals surface area contributed by atoms with E-state index in [4.69, 9.17) is 4.74 Å². The number of nitrogens with one attached hydrogen (secondary N) is 2. The molecule has 28 heavy (non-hydrogen) atoms. The smallest absolute Gasteiger partial charge is 0.342 e. The molecule has 1 atom stereocenters. The highest BCUT2D eigenvalue weighted by atomic mass is 32.1. The summed E-state index contributed by atoms with van der Waals surface area (Å²) in [6, 6.07) is 1.50. The number of esters is 1. The summed E-state index contributed by atoms with van der Waals surface area (Å²) < 4.78 is 45.0. The lowest BCUT2D eigenvalue weighted by molar-refractivity contribution is -0.123. The Hall–Kier alpha value is -2.88. The Morgan fingerprint density at radius 2 is 1.71 bits per heavy atom. The molecule has 0 aliphatic rings. The number of aryl methyl sites for hydroxylation is 1. The monoisotopic (exact) mass is 414 g/mol. The van der Waals surface area contributed by atoms with Crippen LogP contribution >= 0.6 is 11.3 Å². The molecule has 0 saturated heterocycles. The Labute approximate surface area is 162 Å². The van der Waals surface area contributed by atoms with Gasteiger partial charge in [-0.15, -0.1) is 11.3 Å². The zero-order valence-corrected chi connectivity index (χ0v) is 16.2. The second kappa shape index (κ2) is 8.42. The van der Waals surface area contributed by atoms with Crippen LogP contribution in [0.5, 0.6) is 0 Å². The molecule has 150 valence electrons.